The number of hydrogen-bond acceptors (Lipinski definition) is 4. The number of nitrogens with zero attached hydrogens (tertiary/aromatic N) is 3. The van der Waals surface area contributed by atoms with E-state index in [-0.39, 0.29) is 5.91 Å². The van der Waals surface area contributed by atoms with E-state index in [9.17, 15) is 10.1 Å². The molecule has 0 aliphatic carbocycles. The molecule has 23 heavy (non-hydrogen) atoms. The highest BCUT2D eigenvalue weighted by Crippen LogP contribution is 2.27. The number of piperidine rings is 1. The van der Waals surface area contributed by atoms with Crippen LogP contribution in [0.15, 0.2) is 5.03 Å². The normalized spacial score (nSPS) is 17.9. The molecule has 0 saturated carbocycles. The molecule has 0 aromatic carbocycles. The molecular formula is C18H25N3OS. The zero-order valence-electron chi connectivity index (χ0n) is 14.5. The maximum Gasteiger partial charge on any atom is 0.233 e. The summed E-state index contributed by atoms with van der Waals surface area (Å²) in [4.78, 5) is 19.1. The second-order valence-electron chi connectivity index (χ2n) is 6.17. The summed E-state index contributed by atoms with van der Waals surface area (Å²) in [6, 6.07) is 2.62. The summed E-state index contributed by atoms with van der Waals surface area (Å²) >= 11 is 1.40. The van der Waals surface area contributed by atoms with Crippen LogP contribution in [0.1, 0.15) is 55.0 Å². The molecule has 1 aromatic rings. The molecule has 0 bridgehead atoms. The minimum absolute atomic E-state index is 0.170. The molecule has 0 radical (unpaired) electrons. The number of thioether (sulfide) groups is 1. The van der Waals surface area contributed by atoms with Crippen molar-refractivity contribution in [1.29, 1.82) is 5.26 Å². The summed E-state index contributed by atoms with van der Waals surface area (Å²) in [6.45, 7) is 8.89. The minimum Gasteiger partial charge on any atom is -0.339 e. The van der Waals surface area contributed by atoms with Gasteiger partial charge >= 0.3 is 0 Å². The van der Waals surface area contributed by atoms with Gasteiger partial charge in [-0.1, -0.05) is 18.7 Å². The van der Waals surface area contributed by atoms with E-state index in [0.717, 1.165) is 42.6 Å². The first-order valence-corrected chi connectivity index (χ1v) is 9.28. The first-order chi connectivity index (χ1) is 11.0. The number of aryl methyl sites for hydroxylation is 1. The Balaban J connectivity index is 2.12. The molecule has 2 rings (SSSR count). The van der Waals surface area contributed by atoms with Gasteiger partial charge in [-0.3, -0.25) is 4.79 Å². The lowest BCUT2D eigenvalue weighted by atomic mass is 10.0. The Hall–Kier alpha value is -1.54. The number of hydrogen-bond donors (Lipinski definition) is 0. The van der Waals surface area contributed by atoms with Crippen molar-refractivity contribution in [2.24, 2.45) is 0 Å². The molecule has 1 unspecified atom stereocenters. The fourth-order valence-corrected chi connectivity index (χ4v) is 4.08. The molecule has 1 saturated heterocycles. The van der Waals surface area contributed by atoms with Crippen molar-refractivity contribution in [1.82, 2.24) is 9.88 Å². The van der Waals surface area contributed by atoms with Crippen molar-refractivity contribution in [2.75, 3.05) is 12.3 Å². The van der Waals surface area contributed by atoms with E-state index in [1.807, 2.05) is 25.7 Å². The van der Waals surface area contributed by atoms with Crippen LogP contribution in [-0.2, 0) is 4.79 Å². The monoisotopic (exact) mass is 331 g/mol. The predicted octanol–water partition coefficient (Wildman–Crippen LogP) is 3.76. The van der Waals surface area contributed by atoms with Gasteiger partial charge in [0.15, 0.2) is 0 Å². The molecule has 1 aromatic heterocycles. The molecular weight excluding hydrogens is 306 g/mol. The molecule has 0 N–H and O–H groups in total. The number of aromatic nitrogens is 1. The zero-order valence-corrected chi connectivity index (χ0v) is 15.3. The number of carbonyl (C=O) groups excluding carboxylic acids is 1. The maximum absolute atomic E-state index is 12.6. The highest BCUT2D eigenvalue weighted by molar-refractivity contribution is 8.00. The molecule has 4 nitrogen and oxygen atoms in total. The van der Waals surface area contributed by atoms with Crippen molar-refractivity contribution < 1.29 is 4.79 Å². The lowest BCUT2D eigenvalue weighted by Gasteiger charge is -2.35. The minimum atomic E-state index is 0.170. The van der Waals surface area contributed by atoms with E-state index in [4.69, 9.17) is 0 Å². The quantitative estimate of drug-likeness (QED) is 0.788. The Morgan fingerprint density at radius 2 is 2.09 bits per heavy atom. The Kier molecular flexibility index (Phi) is 6.06. The van der Waals surface area contributed by atoms with Crippen LogP contribution in [0.3, 0.4) is 0 Å². The van der Waals surface area contributed by atoms with Gasteiger partial charge < -0.3 is 4.90 Å². The van der Waals surface area contributed by atoms with Gasteiger partial charge in [-0.05, 0) is 57.6 Å². The van der Waals surface area contributed by atoms with Crippen LogP contribution in [0.2, 0.25) is 0 Å². The molecule has 5 heteroatoms. The van der Waals surface area contributed by atoms with Crippen molar-refractivity contribution in [3.05, 3.63) is 22.4 Å². The van der Waals surface area contributed by atoms with E-state index in [2.05, 4.69) is 18.0 Å². The van der Waals surface area contributed by atoms with Gasteiger partial charge in [0.25, 0.3) is 0 Å². The second-order valence-corrected chi connectivity index (χ2v) is 7.14. The highest BCUT2D eigenvalue weighted by atomic mass is 32.2. The standard InChI is InChI=1S/C18H25N3OS/c1-5-15-8-6-7-9-21(15)17(22)11-23-18-16(10-19)13(3)12(2)14(4)20-18/h15H,5-9,11H2,1-4H3. The molecule has 124 valence electrons. The van der Waals surface area contributed by atoms with E-state index in [1.54, 1.807) is 0 Å². The number of pyridine rings is 1. The highest BCUT2D eigenvalue weighted by Gasteiger charge is 2.25. The SMILES string of the molecule is CCC1CCCCN1C(=O)CSc1nc(C)c(C)c(C)c1C#N. The predicted molar refractivity (Wildman–Crippen MR) is 93.5 cm³/mol. The van der Waals surface area contributed by atoms with E-state index in [0.29, 0.717) is 22.4 Å². The number of nitriles is 1. The molecule has 1 aliphatic heterocycles. The topological polar surface area (TPSA) is 57.0 Å². The summed E-state index contributed by atoms with van der Waals surface area (Å²) in [5, 5.41) is 10.1. The van der Waals surface area contributed by atoms with E-state index >= 15 is 0 Å². The van der Waals surface area contributed by atoms with Crippen molar-refractivity contribution >= 4 is 17.7 Å². The van der Waals surface area contributed by atoms with Crippen LogP contribution in [-0.4, -0.2) is 34.1 Å². The van der Waals surface area contributed by atoms with Crippen molar-refractivity contribution in [2.45, 2.75) is 64.4 Å². The van der Waals surface area contributed by atoms with Crippen LogP contribution in [0.5, 0.6) is 0 Å². The van der Waals surface area contributed by atoms with Crippen LogP contribution in [0, 0.1) is 32.1 Å². The van der Waals surface area contributed by atoms with Crippen LogP contribution in [0.4, 0.5) is 0 Å². The van der Waals surface area contributed by atoms with Gasteiger partial charge in [0.2, 0.25) is 5.91 Å². The summed E-state index contributed by atoms with van der Waals surface area (Å²) < 4.78 is 0. The first-order valence-electron chi connectivity index (χ1n) is 8.29. The summed E-state index contributed by atoms with van der Waals surface area (Å²) in [6.07, 6.45) is 4.43. The van der Waals surface area contributed by atoms with Gasteiger partial charge in [-0.15, -0.1) is 0 Å². The molecule has 0 spiro atoms. The van der Waals surface area contributed by atoms with E-state index in [1.165, 1.54) is 18.2 Å². The average molecular weight is 331 g/mol. The lowest BCUT2D eigenvalue weighted by molar-refractivity contribution is -0.132. The Bertz CT molecular complexity index is 636. The van der Waals surface area contributed by atoms with Crippen molar-refractivity contribution in [3.8, 4) is 6.07 Å². The third-order valence-electron chi connectivity index (χ3n) is 4.83. The van der Waals surface area contributed by atoms with E-state index < -0.39 is 0 Å². The molecule has 1 fully saturated rings. The fourth-order valence-electron chi connectivity index (χ4n) is 3.11. The maximum atomic E-state index is 12.6. The summed E-state index contributed by atoms with van der Waals surface area (Å²) in [5.74, 6) is 0.531. The van der Waals surface area contributed by atoms with Gasteiger partial charge in [0.05, 0.1) is 11.3 Å². The fraction of sp³-hybridized carbons (Fsp3) is 0.611. The molecule has 1 aliphatic rings. The molecule has 1 amide bonds. The number of likely N-dealkylation sites (tertiary alicyclic amines) is 1. The van der Waals surface area contributed by atoms with Crippen LogP contribution < -0.4 is 0 Å². The summed E-state index contributed by atoms with van der Waals surface area (Å²) in [5.41, 5.74) is 3.57. The van der Waals surface area contributed by atoms with Crippen molar-refractivity contribution in [3.63, 3.8) is 0 Å². The average Bonchev–Trinajstić information content (AvgIpc) is 2.57. The number of amides is 1. The summed E-state index contributed by atoms with van der Waals surface area (Å²) in [7, 11) is 0. The third kappa shape index (κ3) is 3.87. The number of rotatable bonds is 4. The van der Waals surface area contributed by atoms with Gasteiger partial charge in [-0.2, -0.15) is 5.26 Å². The zero-order chi connectivity index (χ0) is 17.0. The first kappa shape index (κ1) is 17.8. The Labute approximate surface area is 143 Å². The largest absolute Gasteiger partial charge is 0.339 e. The molecule has 1 atom stereocenters. The second kappa shape index (κ2) is 7.83. The molecule has 2 heterocycles. The Morgan fingerprint density at radius 3 is 2.74 bits per heavy atom. The third-order valence-corrected chi connectivity index (χ3v) is 5.79. The van der Waals surface area contributed by atoms with Gasteiger partial charge in [0.1, 0.15) is 11.1 Å². The Morgan fingerprint density at radius 1 is 1.35 bits per heavy atom. The number of carbonyl (C=O) groups is 1. The lowest BCUT2D eigenvalue weighted by Crippen LogP contribution is -2.44. The smallest absolute Gasteiger partial charge is 0.233 e. The van der Waals surface area contributed by atoms with Gasteiger partial charge in [0, 0.05) is 18.3 Å². The van der Waals surface area contributed by atoms with Gasteiger partial charge in [-0.25, -0.2) is 4.98 Å². The van der Waals surface area contributed by atoms with Crippen LogP contribution >= 0.6 is 11.8 Å². The van der Waals surface area contributed by atoms with Crippen LogP contribution in [0.25, 0.3) is 0 Å².